The molecule has 0 heterocycles. The molecule has 13 fully saturated rings. The van der Waals surface area contributed by atoms with Gasteiger partial charge in [0.2, 0.25) is 0 Å². The molecule has 0 saturated heterocycles. The summed E-state index contributed by atoms with van der Waals surface area (Å²) in [4.78, 5) is 0. The summed E-state index contributed by atoms with van der Waals surface area (Å²) in [6.45, 7) is 49.4. The molecule has 0 aliphatic heterocycles. The molecular formula is C136H192O10. The maximum atomic E-state index is 10.5. The van der Waals surface area contributed by atoms with Crippen molar-refractivity contribution in [3.8, 4) is 51.7 Å². The third kappa shape index (κ3) is 29.3. The molecule has 22 rings (SSSR count). The fraction of sp³-hybridized carbons (Fsp3) is 0.603. The van der Waals surface area contributed by atoms with Crippen molar-refractivity contribution in [1.82, 2.24) is 0 Å². The molecule has 0 bridgehead atoms. The predicted molar refractivity (Wildman–Crippen MR) is 609 cm³/mol. The number of rotatable bonds is 31. The first-order valence-electron chi connectivity index (χ1n) is 58.7. The second-order valence-corrected chi connectivity index (χ2v) is 50.7. The van der Waals surface area contributed by atoms with E-state index in [2.05, 4.69) is 267 Å². The van der Waals surface area contributed by atoms with Gasteiger partial charge in [0.25, 0.3) is 0 Å². The Hall–Kier alpha value is -8.86. The molecular weight excluding hydrogens is 1790 g/mol. The van der Waals surface area contributed by atoms with Gasteiger partial charge in [-0.25, -0.2) is 0 Å². The third-order valence-corrected chi connectivity index (χ3v) is 37.3. The van der Waals surface area contributed by atoms with Crippen molar-refractivity contribution in [3.05, 3.63) is 264 Å². The average molecular weight is 1990 g/mol. The minimum Gasteiger partial charge on any atom is -0.507 e. The fourth-order valence-corrected chi connectivity index (χ4v) is 24.2. The zero-order valence-corrected chi connectivity index (χ0v) is 94.2. The molecule has 3 unspecified atom stereocenters. The lowest BCUT2D eigenvalue weighted by atomic mass is 9.73. The molecule has 796 valence electrons. The largest absolute Gasteiger partial charge is 0.507 e. The predicted octanol–water partition coefficient (Wildman–Crippen LogP) is 37.7. The van der Waals surface area contributed by atoms with Crippen LogP contribution in [0.15, 0.2) is 164 Å². The average Bonchev–Trinajstić information content (AvgIpc) is 1.61. The lowest BCUT2D eigenvalue weighted by Gasteiger charge is -2.32. The van der Waals surface area contributed by atoms with E-state index in [1.807, 2.05) is 36.4 Å². The van der Waals surface area contributed by atoms with Gasteiger partial charge in [-0.3, -0.25) is 0 Å². The lowest BCUT2D eigenvalue weighted by Crippen LogP contribution is -2.18. The van der Waals surface area contributed by atoms with Crippen LogP contribution in [0.3, 0.4) is 0 Å². The zero-order chi connectivity index (χ0) is 105. The number of aromatic hydroxyl groups is 9. The molecule has 10 nitrogen and oxygen atoms in total. The van der Waals surface area contributed by atoms with Gasteiger partial charge in [0.1, 0.15) is 51.7 Å². The van der Waals surface area contributed by atoms with Gasteiger partial charge in [0.15, 0.2) is 0 Å². The van der Waals surface area contributed by atoms with E-state index in [0.29, 0.717) is 158 Å². The Morgan fingerprint density at radius 1 is 0.164 bits per heavy atom. The van der Waals surface area contributed by atoms with Gasteiger partial charge >= 0.3 is 0 Å². The van der Waals surface area contributed by atoms with Crippen LogP contribution in [0.4, 0.5) is 0 Å². The molecule has 10 heteroatoms. The van der Waals surface area contributed by atoms with Crippen molar-refractivity contribution in [3.63, 3.8) is 0 Å². The molecule has 0 amide bonds. The first-order valence-corrected chi connectivity index (χ1v) is 58.7. The van der Waals surface area contributed by atoms with Crippen molar-refractivity contribution in [2.24, 2.45) is 76.9 Å². The standard InChI is InChI=1S/4C16H22O.2C15H22O.C14H20O2.2C14H20O/c3*1-10(12-6-7-12)14-4-3-5-15(16(14)17)11(2)13-8-9-13;1-10(2)13-4-3-5-14(16(13)17)15(11-6-7-11)12-8-9-12;2*1-10(2)13-8-5-9-14(15(13)16)11(3)12-6-4-7-12;1-9(10-7-8-10)11-5-4-6-12(13(11)15)14(2,3)16;2*1-9(2)12-5-4-6-13(14(12)15)10(3)11-7-8-11/h3*3-5,10-13,17H,6-9H2,1-2H3;3-5,10-12,15,17H,6-9H2,1-2H3;2*5,8-12,16H,4,6-7H2,1-3H3;4-6,9-10,15-16H,7-8H2,1-3H3;2*4-6,9-11,15H,7-8H2,1-3H3/t10-,11+;10-,11-;;;2*11-;;2*10-/m.1..10.10/s1. The number of aliphatic hydroxyl groups is 1. The first kappa shape index (κ1) is 113. The van der Waals surface area contributed by atoms with E-state index in [-0.39, 0.29) is 5.75 Å². The second kappa shape index (κ2) is 49.9. The number of phenols is 9. The maximum Gasteiger partial charge on any atom is 0.125 e. The van der Waals surface area contributed by atoms with E-state index >= 15 is 0 Å². The Morgan fingerprint density at radius 3 is 0.425 bits per heavy atom. The van der Waals surface area contributed by atoms with Crippen LogP contribution in [0, 0.1) is 76.9 Å². The maximum absolute atomic E-state index is 10.5. The van der Waals surface area contributed by atoms with Crippen LogP contribution in [0.1, 0.15) is 540 Å². The minimum absolute atomic E-state index is 0.273. The van der Waals surface area contributed by atoms with E-state index in [1.54, 1.807) is 19.9 Å². The second-order valence-electron chi connectivity index (χ2n) is 50.7. The van der Waals surface area contributed by atoms with Crippen LogP contribution in [0.2, 0.25) is 0 Å². The van der Waals surface area contributed by atoms with Crippen molar-refractivity contribution in [2.75, 3.05) is 0 Å². The zero-order valence-electron chi connectivity index (χ0n) is 94.2. The van der Waals surface area contributed by atoms with Gasteiger partial charge in [0, 0.05) is 5.56 Å². The Labute approximate surface area is 883 Å². The van der Waals surface area contributed by atoms with E-state index < -0.39 is 5.60 Å². The van der Waals surface area contributed by atoms with Gasteiger partial charge in [-0.2, -0.15) is 0 Å². The molecule has 9 aromatic carbocycles. The van der Waals surface area contributed by atoms with Gasteiger partial charge in [-0.05, 0) is 453 Å². The Kier molecular flexibility index (Phi) is 38.6. The molecule has 13 saturated carbocycles. The Morgan fingerprint density at radius 2 is 0.288 bits per heavy atom. The minimum atomic E-state index is -0.983. The summed E-state index contributed by atoms with van der Waals surface area (Å²) in [5.41, 5.74) is 19.0. The highest BCUT2D eigenvalue weighted by molar-refractivity contribution is 5.53. The highest BCUT2D eigenvalue weighted by Gasteiger charge is 2.45. The van der Waals surface area contributed by atoms with Crippen LogP contribution in [0.25, 0.3) is 0 Å². The Bertz CT molecular complexity index is 5210. The smallest absolute Gasteiger partial charge is 0.125 e. The SMILES string of the molecule is CC(C)c1cccc(C(C2CC2)C2CC2)c1O.CC(C)c1cccc([C@@H](C)C2CC2)c1O.CC(C)c1cccc([C@@H](C)C2CCC2)c1O.CC(C)c1cccc([C@H](C)C2CC2)c1O.CC(C)c1cccc([C@H](C)C2CCC2)c1O.CC(c1cccc(C(C)(C)O)c1O)C1CC1.CC(c1cccc(C(C)C2CC2)c1O)C1CC1.C[C@@H](c1cccc([C@H](C)C2CC2)c1O)C1CC1.C[C@H](c1cccc([C@H](C)C2CC2)c1O)C1CC1. The molecule has 13 aliphatic carbocycles. The highest BCUT2D eigenvalue weighted by atomic mass is 16.3. The first-order chi connectivity index (χ1) is 69.6. The molecule has 13 aliphatic rings. The summed E-state index contributed by atoms with van der Waals surface area (Å²) in [6, 6.07) is 55.9. The normalized spacial score (nSPS) is 20.3. The highest BCUT2D eigenvalue weighted by Crippen LogP contribution is 2.60. The summed E-state index contributed by atoms with van der Waals surface area (Å²) < 4.78 is 0. The molecule has 146 heavy (non-hydrogen) atoms. The van der Waals surface area contributed by atoms with Crippen molar-refractivity contribution >= 4 is 0 Å². The van der Waals surface area contributed by atoms with E-state index in [1.165, 1.54) is 219 Å². The van der Waals surface area contributed by atoms with Gasteiger partial charge in [-0.15, -0.1) is 0 Å². The van der Waals surface area contributed by atoms with Crippen LogP contribution >= 0.6 is 0 Å². The third-order valence-electron chi connectivity index (χ3n) is 37.3. The van der Waals surface area contributed by atoms with Crippen molar-refractivity contribution < 1.29 is 51.1 Å². The van der Waals surface area contributed by atoms with Crippen LogP contribution in [0.5, 0.6) is 51.7 Å². The summed E-state index contributed by atoms with van der Waals surface area (Å²) in [7, 11) is 0. The number of phenolic OH excluding ortho intramolecular Hbond substituents is 9. The van der Waals surface area contributed by atoms with Crippen LogP contribution in [-0.4, -0.2) is 51.1 Å². The van der Waals surface area contributed by atoms with Crippen LogP contribution < -0.4 is 0 Å². The molecule has 0 spiro atoms. The van der Waals surface area contributed by atoms with Gasteiger partial charge in [0.05, 0.1) is 5.60 Å². The molecule has 10 N–H and O–H groups in total. The molecule has 11 atom stereocenters. The Balaban J connectivity index is 0.000000130. The topological polar surface area (TPSA) is 202 Å². The molecule has 0 radical (unpaired) electrons. The number of benzene rings is 9. The van der Waals surface area contributed by atoms with Crippen molar-refractivity contribution in [1.29, 1.82) is 0 Å². The van der Waals surface area contributed by atoms with E-state index in [9.17, 15) is 51.1 Å². The van der Waals surface area contributed by atoms with E-state index in [4.69, 9.17) is 0 Å². The lowest BCUT2D eigenvalue weighted by molar-refractivity contribution is 0.0756. The monoisotopic (exact) mass is 1990 g/mol. The van der Waals surface area contributed by atoms with Gasteiger partial charge in [-0.1, -0.05) is 322 Å². The number of hydrogen-bond acceptors (Lipinski definition) is 10. The van der Waals surface area contributed by atoms with E-state index in [0.717, 1.165) is 127 Å². The summed E-state index contributed by atoms with van der Waals surface area (Å²) in [6.07, 6.45) is 37.3. The number of hydrogen-bond donors (Lipinski definition) is 10. The molecule has 0 aromatic heterocycles. The van der Waals surface area contributed by atoms with Crippen LogP contribution in [-0.2, 0) is 5.60 Å². The summed E-state index contributed by atoms with van der Waals surface area (Å²) in [5, 5.41) is 103. The summed E-state index contributed by atoms with van der Waals surface area (Å²) >= 11 is 0. The summed E-state index contributed by atoms with van der Waals surface area (Å²) in [5.74, 6) is 23.5. The number of para-hydroxylation sites is 9. The molecule has 9 aromatic rings. The fourth-order valence-electron chi connectivity index (χ4n) is 24.2. The quantitative estimate of drug-likeness (QED) is 0.0199. The van der Waals surface area contributed by atoms with Crippen molar-refractivity contribution in [2.45, 2.75) is 445 Å². The van der Waals surface area contributed by atoms with Gasteiger partial charge < -0.3 is 51.1 Å².